The molecule has 2 aromatic rings. The molecule has 2 rings (SSSR count). The lowest BCUT2D eigenvalue weighted by atomic mass is 9.97. The molecule has 0 aliphatic rings. The third-order valence-corrected chi connectivity index (χ3v) is 4.04. The number of ether oxygens (including phenoxy) is 2. The van der Waals surface area contributed by atoms with Gasteiger partial charge >= 0.3 is 12.1 Å². The first-order valence-electron chi connectivity index (χ1n) is 8.42. The summed E-state index contributed by atoms with van der Waals surface area (Å²) in [6, 6.07) is 13.8. The Morgan fingerprint density at radius 2 is 1.81 bits per heavy atom. The molecule has 3 N–H and O–H groups in total. The molecule has 0 spiro atoms. The van der Waals surface area contributed by atoms with Crippen LogP contribution in [0.3, 0.4) is 0 Å². The molecule has 0 aromatic heterocycles. The third-order valence-electron chi connectivity index (χ3n) is 4.04. The lowest BCUT2D eigenvalue weighted by Crippen LogP contribution is -2.36. The molecule has 0 saturated carbocycles. The Labute approximate surface area is 157 Å². The lowest BCUT2D eigenvalue weighted by Gasteiger charge is -2.20. The Morgan fingerprint density at radius 1 is 1.11 bits per heavy atom. The van der Waals surface area contributed by atoms with E-state index in [9.17, 15) is 19.8 Å². The van der Waals surface area contributed by atoms with Gasteiger partial charge in [-0.25, -0.2) is 9.59 Å². The summed E-state index contributed by atoms with van der Waals surface area (Å²) in [4.78, 5) is 23.2. The highest BCUT2D eigenvalue weighted by molar-refractivity contribution is 5.89. The summed E-state index contributed by atoms with van der Waals surface area (Å²) in [7, 11) is 1.28. The Kier molecular flexibility index (Phi) is 7.34. The second kappa shape index (κ2) is 9.70. The van der Waals surface area contributed by atoms with E-state index in [1.807, 2.05) is 30.3 Å². The van der Waals surface area contributed by atoms with Crippen molar-refractivity contribution in [3.05, 3.63) is 70.8 Å². The van der Waals surface area contributed by atoms with Crippen LogP contribution in [-0.4, -0.2) is 42.0 Å². The first-order valence-corrected chi connectivity index (χ1v) is 8.42. The molecule has 0 aliphatic carbocycles. The molecule has 2 aromatic carbocycles. The number of hydrogen-bond acceptors (Lipinski definition) is 6. The number of amides is 1. The minimum atomic E-state index is -1.24. The molecule has 7 nitrogen and oxygen atoms in total. The maximum atomic E-state index is 11.7. The van der Waals surface area contributed by atoms with Gasteiger partial charge in [0.2, 0.25) is 0 Å². The smallest absolute Gasteiger partial charge is 0.407 e. The summed E-state index contributed by atoms with van der Waals surface area (Å²) in [6.07, 6.45) is -3.16. The van der Waals surface area contributed by atoms with E-state index in [0.29, 0.717) is 16.7 Å². The summed E-state index contributed by atoms with van der Waals surface area (Å²) in [6.45, 7) is 1.63. The molecule has 27 heavy (non-hydrogen) atoms. The number of rotatable bonds is 7. The van der Waals surface area contributed by atoms with Crippen LogP contribution < -0.4 is 5.32 Å². The van der Waals surface area contributed by atoms with Crippen LogP contribution in [0.25, 0.3) is 0 Å². The van der Waals surface area contributed by atoms with E-state index in [2.05, 4.69) is 10.1 Å². The molecular weight excluding hydrogens is 350 g/mol. The van der Waals surface area contributed by atoms with Crippen molar-refractivity contribution in [3.63, 3.8) is 0 Å². The molecule has 2 atom stereocenters. The first kappa shape index (κ1) is 20.4. The number of aliphatic hydroxyl groups excluding tert-OH is 2. The minimum absolute atomic E-state index is 0.111. The first-order chi connectivity index (χ1) is 12.9. The van der Waals surface area contributed by atoms with Gasteiger partial charge in [0.1, 0.15) is 18.8 Å². The number of carbonyl (C=O) groups is 2. The van der Waals surface area contributed by atoms with Crippen molar-refractivity contribution >= 4 is 12.1 Å². The fourth-order valence-corrected chi connectivity index (χ4v) is 2.53. The summed E-state index contributed by atoms with van der Waals surface area (Å²) in [5.41, 5.74) is 2.27. The van der Waals surface area contributed by atoms with E-state index in [-0.39, 0.29) is 13.2 Å². The molecule has 0 saturated heterocycles. The molecule has 0 fully saturated rings. The zero-order valence-corrected chi connectivity index (χ0v) is 15.2. The van der Waals surface area contributed by atoms with Crippen LogP contribution in [-0.2, 0) is 16.1 Å². The Morgan fingerprint density at radius 3 is 2.44 bits per heavy atom. The van der Waals surface area contributed by atoms with Crippen molar-refractivity contribution in [2.24, 2.45) is 0 Å². The van der Waals surface area contributed by atoms with Gasteiger partial charge in [0.15, 0.2) is 0 Å². The highest BCUT2D eigenvalue weighted by Gasteiger charge is 2.22. The summed E-state index contributed by atoms with van der Waals surface area (Å²) >= 11 is 0. The topological polar surface area (TPSA) is 105 Å². The molecule has 1 amide bonds. The van der Waals surface area contributed by atoms with E-state index in [1.54, 1.807) is 19.1 Å². The molecular formula is C20H23NO6. The maximum Gasteiger partial charge on any atom is 0.407 e. The molecule has 0 radical (unpaired) electrons. The van der Waals surface area contributed by atoms with Crippen LogP contribution in [0.5, 0.6) is 0 Å². The van der Waals surface area contributed by atoms with Gasteiger partial charge in [0.25, 0.3) is 0 Å². The van der Waals surface area contributed by atoms with Crippen molar-refractivity contribution in [2.75, 3.05) is 13.7 Å². The fraction of sp³-hybridized carbons (Fsp3) is 0.300. The van der Waals surface area contributed by atoms with E-state index in [1.165, 1.54) is 13.2 Å². The number of nitrogens with one attached hydrogen (secondary N) is 1. The highest BCUT2D eigenvalue weighted by atomic mass is 16.5. The maximum absolute atomic E-state index is 11.7. The molecule has 7 heteroatoms. The normalized spacial score (nSPS) is 12.7. The van der Waals surface area contributed by atoms with Gasteiger partial charge in [-0.2, -0.15) is 0 Å². The number of hydrogen-bond donors (Lipinski definition) is 3. The van der Waals surface area contributed by atoms with Gasteiger partial charge in [-0.3, -0.25) is 0 Å². The lowest BCUT2D eigenvalue weighted by molar-refractivity contribution is 0.0180. The van der Waals surface area contributed by atoms with Crippen LogP contribution in [0.1, 0.15) is 33.2 Å². The summed E-state index contributed by atoms with van der Waals surface area (Å²) in [5.74, 6) is -0.484. The van der Waals surface area contributed by atoms with Gasteiger partial charge < -0.3 is 25.0 Å². The van der Waals surface area contributed by atoms with Crippen molar-refractivity contribution in [1.29, 1.82) is 0 Å². The summed E-state index contributed by atoms with van der Waals surface area (Å²) in [5, 5.41) is 22.9. The zero-order chi connectivity index (χ0) is 19.8. The molecule has 2 unspecified atom stereocenters. The van der Waals surface area contributed by atoms with Crippen molar-refractivity contribution in [3.8, 4) is 0 Å². The largest absolute Gasteiger partial charge is 0.465 e. The van der Waals surface area contributed by atoms with Crippen LogP contribution in [0, 0.1) is 6.92 Å². The average Bonchev–Trinajstić information content (AvgIpc) is 2.69. The van der Waals surface area contributed by atoms with Crippen LogP contribution in [0.2, 0.25) is 0 Å². The minimum Gasteiger partial charge on any atom is -0.465 e. The number of carbonyl (C=O) groups excluding carboxylic acids is 2. The van der Waals surface area contributed by atoms with Crippen LogP contribution in [0.15, 0.2) is 48.5 Å². The molecule has 144 valence electrons. The third kappa shape index (κ3) is 5.80. The van der Waals surface area contributed by atoms with E-state index >= 15 is 0 Å². The molecule has 0 heterocycles. The monoisotopic (exact) mass is 373 g/mol. The predicted molar refractivity (Wildman–Crippen MR) is 98.1 cm³/mol. The number of esters is 1. The average molecular weight is 373 g/mol. The predicted octanol–water partition coefficient (Wildman–Crippen LogP) is 2.10. The molecule has 0 bridgehead atoms. The van der Waals surface area contributed by atoms with Gasteiger partial charge in [-0.05, 0) is 35.7 Å². The van der Waals surface area contributed by atoms with Gasteiger partial charge in [-0.1, -0.05) is 36.4 Å². The fourth-order valence-electron chi connectivity index (χ4n) is 2.53. The van der Waals surface area contributed by atoms with Gasteiger partial charge in [-0.15, -0.1) is 0 Å². The van der Waals surface area contributed by atoms with Crippen molar-refractivity contribution in [2.45, 2.75) is 25.7 Å². The quantitative estimate of drug-likeness (QED) is 0.642. The van der Waals surface area contributed by atoms with Crippen LogP contribution in [0.4, 0.5) is 4.79 Å². The Bertz CT molecular complexity index is 777. The van der Waals surface area contributed by atoms with Crippen LogP contribution >= 0.6 is 0 Å². The van der Waals surface area contributed by atoms with E-state index in [4.69, 9.17) is 4.74 Å². The van der Waals surface area contributed by atoms with Crippen molar-refractivity contribution < 1.29 is 29.3 Å². The number of alkyl carbamates (subject to hydrolysis) is 1. The standard InChI is InChI=1S/C20H23NO6/c1-13-10-15(19(24)26-2)8-9-16(13)18(23)17(22)11-21-20(25)27-12-14-6-4-3-5-7-14/h3-10,17-18,22-23H,11-12H2,1-2H3,(H,21,25). The second-order valence-electron chi connectivity index (χ2n) is 6.02. The van der Waals surface area contributed by atoms with Gasteiger partial charge in [0, 0.05) is 6.54 Å². The number of methoxy groups -OCH3 is 1. The second-order valence-corrected chi connectivity index (χ2v) is 6.02. The zero-order valence-electron chi connectivity index (χ0n) is 15.2. The molecule has 0 aliphatic heterocycles. The van der Waals surface area contributed by atoms with Crippen molar-refractivity contribution in [1.82, 2.24) is 5.32 Å². The van der Waals surface area contributed by atoms with Gasteiger partial charge in [0.05, 0.1) is 12.7 Å². The number of aryl methyl sites for hydroxylation is 1. The Hall–Kier alpha value is -2.90. The van der Waals surface area contributed by atoms with E-state index in [0.717, 1.165) is 5.56 Å². The highest BCUT2D eigenvalue weighted by Crippen LogP contribution is 2.22. The Balaban J connectivity index is 1.87. The SMILES string of the molecule is COC(=O)c1ccc(C(O)C(O)CNC(=O)OCc2ccccc2)c(C)c1. The number of benzene rings is 2. The van der Waals surface area contributed by atoms with E-state index < -0.39 is 24.3 Å². The number of aliphatic hydroxyl groups is 2. The summed E-state index contributed by atoms with van der Waals surface area (Å²) < 4.78 is 9.69.